The van der Waals surface area contributed by atoms with Crippen LogP contribution in [0.15, 0.2) is 18.2 Å². The fraction of sp³-hybridized carbons (Fsp3) is 0.357. The number of amides is 1. The number of alkyl halides is 3. The van der Waals surface area contributed by atoms with E-state index in [1.54, 1.807) is 19.9 Å². The number of aryl methyl sites for hydroxylation is 1. The zero-order chi connectivity index (χ0) is 15.0. The molecule has 1 unspecified atom stereocenters. The number of halogens is 3. The normalized spacial score (nSPS) is 21.1. The summed E-state index contributed by atoms with van der Waals surface area (Å²) in [4.78, 5) is 11.4. The Morgan fingerprint density at radius 1 is 1.40 bits per heavy atom. The molecule has 2 rings (SSSR count). The van der Waals surface area contributed by atoms with E-state index < -0.39 is 17.9 Å². The molecule has 1 aliphatic heterocycles. The summed E-state index contributed by atoms with van der Waals surface area (Å²) in [6.07, 6.45) is -5.76. The van der Waals surface area contributed by atoms with Gasteiger partial charge in [0.2, 0.25) is 0 Å². The van der Waals surface area contributed by atoms with Gasteiger partial charge in [0.1, 0.15) is 0 Å². The molecule has 0 saturated carbocycles. The van der Waals surface area contributed by atoms with Crippen molar-refractivity contribution in [3.63, 3.8) is 0 Å². The number of benzene rings is 1. The van der Waals surface area contributed by atoms with E-state index in [1.165, 1.54) is 12.1 Å². The van der Waals surface area contributed by atoms with Crippen LogP contribution in [0.1, 0.15) is 24.5 Å². The third-order valence-electron chi connectivity index (χ3n) is 2.88. The topological polar surface area (TPSA) is 38.3 Å². The molecular weight excluding hydrogens is 271 g/mol. The van der Waals surface area contributed by atoms with E-state index in [-0.39, 0.29) is 17.7 Å². The Balaban J connectivity index is 2.75. The fourth-order valence-corrected chi connectivity index (χ4v) is 1.98. The maximum Gasteiger partial charge on any atom is 0.445 e. The van der Waals surface area contributed by atoms with E-state index in [0.717, 1.165) is 0 Å². The molecule has 6 heteroatoms. The Morgan fingerprint density at radius 2 is 2.10 bits per heavy atom. The minimum Gasteiger partial charge on any atom is -0.415 e. The summed E-state index contributed by atoms with van der Waals surface area (Å²) in [5.74, 6) is 4.45. The van der Waals surface area contributed by atoms with Crippen LogP contribution in [-0.2, 0) is 10.3 Å². The number of carbonyl (C=O) groups is 1. The number of cyclic esters (lactones) is 1. The number of rotatable bonds is 0. The quantitative estimate of drug-likeness (QED) is 0.737. The van der Waals surface area contributed by atoms with Crippen molar-refractivity contribution >= 4 is 11.8 Å². The molecule has 1 amide bonds. The largest absolute Gasteiger partial charge is 0.445 e. The summed E-state index contributed by atoms with van der Waals surface area (Å²) < 4.78 is 45.1. The van der Waals surface area contributed by atoms with Crippen molar-refractivity contribution < 1.29 is 22.7 Å². The van der Waals surface area contributed by atoms with Gasteiger partial charge in [-0.15, -0.1) is 0 Å². The van der Waals surface area contributed by atoms with Crippen molar-refractivity contribution in [2.24, 2.45) is 0 Å². The number of nitrogens with one attached hydrogen (secondary N) is 1. The predicted octanol–water partition coefficient (Wildman–Crippen LogP) is 3.73. The third kappa shape index (κ3) is 2.20. The Bertz CT molecular complexity index is 613. The maximum absolute atomic E-state index is 13.5. The number of ether oxygens (including phenoxy) is 1. The summed E-state index contributed by atoms with van der Waals surface area (Å²) >= 11 is 0. The summed E-state index contributed by atoms with van der Waals surface area (Å²) in [7, 11) is 0. The molecule has 3 nitrogen and oxygen atoms in total. The van der Waals surface area contributed by atoms with Gasteiger partial charge in [-0.25, -0.2) is 4.79 Å². The lowest BCUT2D eigenvalue weighted by Gasteiger charge is -2.35. The lowest BCUT2D eigenvalue weighted by Crippen LogP contribution is -2.49. The van der Waals surface area contributed by atoms with Gasteiger partial charge in [-0.05, 0) is 25.0 Å². The molecule has 1 aromatic carbocycles. The molecule has 20 heavy (non-hydrogen) atoms. The highest BCUT2D eigenvalue weighted by Crippen LogP contribution is 2.47. The van der Waals surface area contributed by atoms with Crippen LogP contribution >= 0.6 is 0 Å². The molecule has 0 bridgehead atoms. The van der Waals surface area contributed by atoms with Gasteiger partial charge in [0.05, 0.1) is 5.69 Å². The highest BCUT2D eigenvalue weighted by atomic mass is 19.4. The van der Waals surface area contributed by atoms with Crippen molar-refractivity contribution in [1.29, 1.82) is 0 Å². The van der Waals surface area contributed by atoms with Gasteiger partial charge >= 0.3 is 12.3 Å². The van der Waals surface area contributed by atoms with Crippen LogP contribution in [0.2, 0.25) is 0 Å². The predicted molar refractivity (Wildman–Crippen MR) is 67.1 cm³/mol. The second-order valence-electron chi connectivity index (χ2n) is 4.40. The average Bonchev–Trinajstić information content (AvgIpc) is 2.35. The summed E-state index contributed by atoms with van der Waals surface area (Å²) in [6.45, 7) is 3.28. The van der Waals surface area contributed by atoms with E-state index in [4.69, 9.17) is 0 Å². The molecule has 1 aromatic rings. The number of hydrogen-bond donors (Lipinski definition) is 1. The summed E-state index contributed by atoms with van der Waals surface area (Å²) in [5, 5.41) is 2.26. The molecule has 0 spiro atoms. The minimum atomic E-state index is -4.82. The SMILES string of the molecule is CCC#CC1(C(F)(F)F)OC(=O)Nc2ccc(C)cc21. The zero-order valence-electron chi connectivity index (χ0n) is 10.9. The van der Waals surface area contributed by atoms with Crippen molar-refractivity contribution in [1.82, 2.24) is 0 Å². The van der Waals surface area contributed by atoms with E-state index in [0.29, 0.717) is 5.56 Å². The van der Waals surface area contributed by atoms with Crippen molar-refractivity contribution in [2.45, 2.75) is 32.0 Å². The summed E-state index contributed by atoms with van der Waals surface area (Å²) in [5.41, 5.74) is -2.41. The van der Waals surface area contributed by atoms with Gasteiger partial charge in [0.15, 0.2) is 0 Å². The van der Waals surface area contributed by atoms with Crippen LogP contribution in [-0.4, -0.2) is 12.3 Å². The highest BCUT2D eigenvalue weighted by molar-refractivity contribution is 5.89. The van der Waals surface area contributed by atoms with Gasteiger partial charge in [0.25, 0.3) is 5.60 Å². The number of carbonyl (C=O) groups excluding carboxylic acids is 1. The van der Waals surface area contributed by atoms with Crippen LogP contribution in [0.4, 0.5) is 23.7 Å². The second kappa shape index (κ2) is 4.75. The first kappa shape index (κ1) is 14.3. The van der Waals surface area contributed by atoms with Gasteiger partial charge in [-0.1, -0.05) is 24.5 Å². The average molecular weight is 283 g/mol. The van der Waals surface area contributed by atoms with Gasteiger partial charge in [-0.3, -0.25) is 5.32 Å². The first-order chi connectivity index (χ1) is 9.30. The molecule has 1 N–H and O–H groups in total. The van der Waals surface area contributed by atoms with E-state index in [9.17, 15) is 18.0 Å². The standard InChI is InChI=1S/C14H12F3NO2/c1-3-4-7-13(14(15,16)17)10-8-9(2)5-6-11(10)18-12(19)20-13/h5-6,8H,3H2,1-2H3,(H,18,19). The second-order valence-corrected chi connectivity index (χ2v) is 4.40. The van der Waals surface area contributed by atoms with Crippen LogP contribution in [0.5, 0.6) is 0 Å². The molecule has 1 heterocycles. The Morgan fingerprint density at radius 3 is 2.70 bits per heavy atom. The third-order valence-corrected chi connectivity index (χ3v) is 2.88. The number of hydrogen-bond acceptors (Lipinski definition) is 2. The molecule has 1 aliphatic rings. The molecular formula is C14H12F3NO2. The first-order valence-corrected chi connectivity index (χ1v) is 5.98. The van der Waals surface area contributed by atoms with Crippen LogP contribution < -0.4 is 5.32 Å². The molecule has 0 aromatic heterocycles. The van der Waals surface area contributed by atoms with Gasteiger partial charge in [-0.2, -0.15) is 13.2 Å². The van der Waals surface area contributed by atoms with Crippen LogP contribution in [0.25, 0.3) is 0 Å². The van der Waals surface area contributed by atoms with Gasteiger partial charge in [0, 0.05) is 12.0 Å². The Kier molecular flexibility index (Phi) is 3.38. The first-order valence-electron chi connectivity index (χ1n) is 5.98. The molecule has 0 radical (unpaired) electrons. The Labute approximate surface area is 114 Å². The lowest BCUT2D eigenvalue weighted by atomic mass is 9.89. The van der Waals surface area contributed by atoms with Crippen molar-refractivity contribution in [2.75, 3.05) is 5.32 Å². The van der Waals surface area contributed by atoms with Crippen LogP contribution in [0, 0.1) is 18.8 Å². The van der Waals surface area contributed by atoms with Crippen molar-refractivity contribution in [3.05, 3.63) is 29.3 Å². The minimum absolute atomic E-state index is 0.0644. The Hall–Kier alpha value is -2.16. The molecule has 1 atom stereocenters. The molecule has 0 fully saturated rings. The fourth-order valence-electron chi connectivity index (χ4n) is 1.98. The van der Waals surface area contributed by atoms with Crippen LogP contribution in [0.3, 0.4) is 0 Å². The van der Waals surface area contributed by atoms with Crippen molar-refractivity contribution in [3.8, 4) is 11.8 Å². The molecule has 0 aliphatic carbocycles. The highest BCUT2D eigenvalue weighted by Gasteiger charge is 2.61. The van der Waals surface area contributed by atoms with E-state index >= 15 is 0 Å². The molecule has 0 saturated heterocycles. The smallest absolute Gasteiger partial charge is 0.415 e. The zero-order valence-corrected chi connectivity index (χ0v) is 10.9. The number of anilines is 1. The summed E-state index contributed by atoms with van der Waals surface area (Å²) in [6, 6.07) is 4.35. The van der Waals surface area contributed by atoms with Gasteiger partial charge < -0.3 is 4.74 Å². The monoisotopic (exact) mass is 283 g/mol. The van der Waals surface area contributed by atoms with E-state index in [1.807, 2.05) is 0 Å². The molecule has 106 valence electrons. The maximum atomic E-state index is 13.5. The van der Waals surface area contributed by atoms with E-state index in [2.05, 4.69) is 21.9 Å². The number of fused-ring (bicyclic) bond motifs is 1. The lowest BCUT2D eigenvalue weighted by molar-refractivity contribution is -0.239.